The Labute approximate surface area is 206 Å². The zero-order valence-corrected chi connectivity index (χ0v) is 19.8. The number of pyridine rings is 1. The number of aromatic hydroxyl groups is 1. The first-order valence-electron chi connectivity index (χ1n) is 9.23. The summed E-state index contributed by atoms with van der Waals surface area (Å²) in [6.07, 6.45) is 2.55. The van der Waals surface area contributed by atoms with Crippen molar-refractivity contribution in [1.29, 1.82) is 0 Å². The normalized spacial score (nSPS) is 10.6. The summed E-state index contributed by atoms with van der Waals surface area (Å²) in [5, 5.41) is 13.3. The quantitative estimate of drug-likeness (QED) is 0.185. The molecule has 0 bridgehead atoms. The van der Waals surface area contributed by atoms with Crippen molar-refractivity contribution in [3.8, 4) is 22.8 Å². The van der Waals surface area contributed by atoms with Gasteiger partial charge in [0.25, 0.3) is 0 Å². The third kappa shape index (κ3) is 5.91. The Hall–Kier alpha value is -2.81. The van der Waals surface area contributed by atoms with Crippen molar-refractivity contribution < 1.29 is 57.8 Å². The zero-order valence-electron chi connectivity index (χ0n) is 17.8. The first kappa shape index (κ1) is 25.5. The van der Waals surface area contributed by atoms with Crippen LogP contribution in [0.1, 0.15) is 22.4 Å². The predicted octanol–water partition coefficient (Wildman–Crippen LogP) is 1.27. The molecule has 6 nitrogen and oxygen atoms in total. The summed E-state index contributed by atoms with van der Waals surface area (Å²) in [4.78, 5) is 18.3. The zero-order chi connectivity index (χ0) is 22.4. The SMILES string of the molecule is Cc1cc(OC[C-]=NO[C-]=O)c(F)c(C)c1Cc1ccc(O)c(-c2ccccc2F)n1.[Na+]. The number of nitrogens with zero attached hydrogens (tertiary/aromatic N) is 2. The molecule has 1 heterocycles. The van der Waals surface area contributed by atoms with Gasteiger partial charge in [0.2, 0.25) is 0 Å². The minimum absolute atomic E-state index is 0. The number of aromatic nitrogens is 1. The van der Waals surface area contributed by atoms with E-state index in [4.69, 9.17) is 4.74 Å². The molecule has 160 valence electrons. The maximum atomic E-state index is 14.8. The van der Waals surface area contributed by atoms with E-state index in [9.17, 15) is 18.7 Å². The summed E-state index contributed by atoms with van der Waals surface area (Å²) in [5.41, 5.74) is 2.66. The molecule has 9 heteroatoms. The van der Waals surface area contributed by atoms with Crippen molar-refractivity contribution in [2.24, 2.45) is 5.16 Å². The van der Waals surface area contributed by atoms with Gasteiger partial charge in [0, 0.05) is 17.7 Å². The predicted molar refractivity (Wildman–Crippen MR) is 110 cm³/mol. The Morgan fingerprint density at radius 1 is 1.16 bits per heavy atom. The van der Waals surface area contributed by atoms with Crippen LogP contribution in [0.3, 0.4) is 0 Å². The fourth-order valence-corrected chi connectivity index (χ4v) is 3.15. The van der Waals surface area contributed by atoms with Crippen LogP contribution in [0, 0.1) is 25.5 Å². The molecule has 0 atom stereocenters. The van der Waals surface area contributed by atoms with Crippen LogP contribution < -0.4 is 34.3 Å². The van der Waals surface area contributed by atoms with E-state index < -0.39 is 11.6 Å². The number of hydrogen-bond acceptors (Lipinski definition) is 6. The van der Waals surface area contributed by atoms with Gasteiger partial charge in [-0.2, -0.15) is 0 Å². The van der Waals surface area contributed by atoms with Gasteiger partial charge in [-0.1, -0.05) is 12.1 Å². The largest absolute Gasteiger partial charge is 1.00 e. The first-order valence-corrected chi connectivity index (χ1v) is 9.23. The van der Waals surface area contributed by atoms with Gasteiger partial charge in [0.05, 0.1) is 0 Å². The van der Waals surface area contributed by atoms with Crippen molar-refractivity contribution >= 4 is 12.7 Å². The molecule has 1 aromatic heterocycles. The van der Waals surface area contributed by atoms with Gasteiger partial charge in [-0.05, 0) is 73.9 Å². The number of hydrogen-bond donors (Lipinski definition) is 1. The molecule has 0 fully saturated rings. The van der Waals surface area contributed by atoms with Gasteiger partial charge in [-0.15, -0.1) is 0 Å². The molecular weight excluding hydrogens is 429 g/mol. The third-order valence-electron chi connectivity index (χ3n) is 4.68. The molecule has 1 N–H and O–H groups in total. The van der Waals surface area contributed by atoms with Crippen LogP contribution in [0.25, 0.3) is 11.3 Å². The van der Waals surface area contributed by atoms with E-state index in [-0.39, 0.29) is 65.3 Å². The maximum absolute atomic E-state index is 14.8. The summed E-state index contributed by atoms with van der Waals surface area (Å²) in [6.45, 7) is 4.29. The number of ether oxygens (including phenoxy) is 1. The minimum Gasteiger partial charge on any atom is -0.557 e. The topological polar surface area (TPSA) is 81.0 Å². The van der Waals surface area contributed by atoms with E-state index >= 15 is 0 Å². The van der Waals surface area contributed by atoms with Gasteiger partial charge in [0.1, 0.15) is 17.3 Å². The standard InChI is InChI=1S/C23H18F2N2O4.Na/c1-14-11-21(30-10-9-26-31-13-28)22(25)15(2)18(14)12-16-7-8-20(29)23(27-16)17-5-3-4-6-19(17)24;/h3-8,11,29H,10,12H2,1-2H3;/q-2;+1. The third-order valence-corrected chi connectivity index (χ3v) is 4.68. The van der Waals surface area contributed by atoms with Crippen molar-refractivity contribution in [3.05, 3.63) is 76.5 Å². The Morgan fingerprint density at radius 3 is 2.62 bits per heavy atom. The molecule has 0 aliphatic rings. The van der Waals surface area contributed by atoms with Crippen LogP contribution in [0.15, 0.2) is 47.6 Å². The van der Waals surface area contributed by atoms with Crippen LogP contribution in [0.2, 0.25) is 0 Å². The number of rotatable bonds is 8. The Morgan fingerprint density at radius 2 is 1.91 bits per heavy atom. The summed E-state index contributed by atoms with van der Waals surface area (Å²) in [5.74, 6) is -1.20. The molecule has 0 spiro atoms. The first-order chi connectivity index (χ1) is 14.9. The Balaban J connectivity index is 0.00000363. The van der Waals surface area contributed by atoms with Crippen LogP contribution >= 0.6 is 0 Å². The van der Waals surface area contributed by atoms with E-state index in [0.717, 1.165) is 12.0 Å². The van der Waals surface area contributed by atoms with Gasteiger partial charge in [-0.25, -0.2) is 13.8 Å². The molecule has 0 aliphatic carbocycles. The maximum Gasteiger partial charge on any atom is 1.00 e. The van der Waals surface area contributed by atoms with Crippen molar-refractivity contribution in [2.45, 2.75) is 20.3 Å². The number of halogens is 2. The molecule has 0 saturated carbocycles. The Bertz CT molecular complexity index is 1140. The van der Waals surface area contributed by atoms with E-state index in [1.54, 1.807) is 32.0 Å². The molecule has 2 aromatic carbocycles. The second kappa shape index (κ2) is 11.7. The van der Waals surface area contributed by atoms with Gasteiger partial charge >= 0.3 is 29.6 Å². The van der Waals surface area contributed by atoms with E-state index in [2.05, 4.69) is 21.2 Å². The number of carbonyl (C=O) groups excluding carboxylic acids is 1. The molecule has 0 aliphatic heterocycles. The molecule has 0 radical (unpaired) electrons. The van der Waals surface area contributed by atoms with Crippen LogP contribution in [-0.4, -0.2) is 29.4 Å². The molecule has 3 rings (SSSR count). The van der Waals surface area contributed by atoms with Crippen molar-refractivity contribution in [3.63, 3.8) is 0 Å². The smallest absolute Gasteiger partial charge is 0.557 e. The summed E-state index contributed by atoms with van der Waals surface area (Å²) < 4.78 is 34.2. The number of aryl methyl sites for hydroxylation is 1. The Kier molecular flexibility index (Phi) is 9.31. The van der Waals surface area contributed by atoms with E-state index in [0.29, 0.717) is 16.8 Å². The monoisotopic (exact) mass is 447 g/mol. The van der Waals surface area contributed by atoms with Crippen molar-refractivity contribution in [2.75, 3.05) is 6.61 Å². The number of benzene rings is 2. The second-order valence-corrected chi connectivity index (χ2v) is 6.65. The van der Waals surface area contributed by atoms with Gasteiger partial charge < -0.3 is 30.8 Å². The van der Waals surface area contributed by atoms with Gasteiger partial charge in [0.15, 0.2) is 11.6 Å². The molecule has 32 heavy (non-hydrogen) atoms. The molecule has 0 unspecified atom stereocenters. The van der Waals surface area contributed by atoms with Crippen LogP contribution in [0.4, 0.5) is 8.78 Å². The summed E-state index contributed by atoms with van der Waals surface area (Å²) >= 11 is 0. The van der Waals surface area contributed by atoms with Crippen molar-refractivity contribution in [1.82, 2.24) is 4.98 Å². The molecular formula is C23H18F2N2NaO4-. The average Bonchev–Trinajstić information content (AvgIpc) is 2.76. The van der Waals surface area contributed by atoms with Crippen LogP contribution in [-0.2, 0) is 16.1 Å². The summed E-state index contributed by atoms with van der Waals surface area (Å²) in [7, 11) is 0. The van der Waals surface area contributed by atoms with Gasteiger partial charge in [-0.3, -0.25) is 0 Å². The molecule has 3 aromatic rings. The summed E-state index contributed by atoms with van der Waals surface area (Å²) in [6, 6.07) is 10.6. The van der Waals surface area contributed by atoms with E-state index in [1.165, 1.54) is 24.3 Å². The molecule has 0 saturated heterocycles. The fraction of sp³-hybridized carbons (Fsp3) is 0.174. The minimum atomic E-state index is -0.557. The van der Waals surface area contributed by atoms with Crippen LogP contribution in [0.5, 0.6) is 11.5 Å². The average molecular weight is 447 g/mol. The second-order valence-electron chi connectivity index (χ2n) is 6.65. The molecule has 0 amide bonds. The van der Waals surface area contributed by atoms with E-state index in [1.807, 2.05) is 0 Å². The fourth-order valence-electron chi connectivity index (χ4n) is 3.15.